The van der Waals surface area contributed by atoms with Gasteiger partial charge in [0.25, 0.3) is 0 Å². The molecule has 0 amide bonds. The van der Waals surface area contributed by atoms with E-state index in [1.807, 2.05) is 0 Å². The minimum Gasteiger partial charge on any atom is -0.316 e. The molecule has 0 aromatic heterocycles. The summed E-state index contributed by atoms with van der Waals surface area (Å²) >= 11 is 1.52. The fourth-order valence-corrected chi connectivity index (χ4v) is 2.95. The summed E-state index contributed by atoms with van der Waals surface area (Å²) in [7, 11) is 1.76. The van der Waals surface area contributed by atoms with Crippen LogP contribution in [0.1, 0.15) is 5.56 Å². The Bertz CT molecular complexity index is 566. The third kappa shape index (κ3) is 4.51. The SMILES string of the molecule is CNC(CSc1ccc(F)cc1)Cc1c(F)cccc1F. The van der Waals surface area contributed by atoms with Crippen LogP contribution in [0.4, 0.5) is 13.2 Å². The fourth-order valence-electron chi connectivity index (χ4n) is 1.95. The van der Waals surface area contributed by atoms with Crippen LogP contribution in [0.2, 0.25) is 0 Å². The van der Waals surface area contributed by atoms with E-state index in [1.165, 1.54) is 42.1 Å². The van der Waals surface area contributed by atoms with Gasteiger partial charge in [-0.3, -0.25) is 0 Å². The van der Waals surface area contributed by atoms with E-state index in [2.05, 4.69) is 5.32 Å². The van der Waals surface area contributed by atoms with Crippen molar-refractivity contribution >= 4 is 11.8 Å². The first-order chi connectivity index (χ1) is 10.1. The van der Waals surface area contributed by atoms with Crippen LogP contribution in [0.15, 0.2) is 47.4 Å². The van der Waals surface area contributed by atoms with E-state index in [9.17, 15) is 13.2 Å². The molecule has 0 bridgehead atoms. The molecule has 0 aliphatic heterocycles. The Morgan fingerprint density at radius 1 is 1.00 bits per heavy atom. The van der Waals surface area contributed by atoms with E-state index < -0.39 is 11.6 Å². The lowest BCUT2D eigenvalue weighted by atomic mass is 10.1. The number of halogens is 3. The summed E-state index contributed by atoms with van der Waals surface area (Å²) in [6.07, 6.45) is 0.267. The molecule has 0 aliphatic carbocycles. The molecule has 5 heteroatoms. The Hall–Kier alpha value is -1.46. The first kappa shape index (κ1) is 15.9. The highest BCUT2D eigenvalue weighted by molar-refractivity contribution is 7.99. The number of likely N-dealkylation sites (N-methyl/N-ethyl adjacent to an activating group) is 1. The fraction of sp³-hybridized carbons (Fsp3) is 0.250. The Balaban J connectivity index is 1.98. The van der Waals surface area contributed by atoms with Crippen LogP contribution in [0.25, 0.3) is 0 Å². The Morgan fingerprint density at radius 2 is 1.62 bits per heavy atom. The minimum atomic E-state index is -0.526. The largest absolute Gasteiger partial charge is 0.316 e. The molecular weight excluding hydrogens is 295 g/mol. The number of thioether (sulfide) groups is 1. The third-order valence-electron chi connectivity index (χ3n) is 3.19. The lowest BCUT2D eigenvalue weighted by Gasteiger charge is -2.16. The molecule has 21 heavy (non-hydrogen) atoms. The van der Waals surface area contributed by atoms with Crippen molar-refractivity contribution in [1.29, 1.82) is 0 Å². The molecule has 1 nitrogen and oxygen atoms in total. The average molecular weight is 311 g/mol. The van der Waals surface area contributed by atoms with Crippen molar-refractivity contribution in [2.75, 3.05) is 12.8 Å². The van der Waals surface area contributed by atoms with Gasteiger partial charge in [-0.15, -0.1) is 11.8 Å². The van der Waals surface area contributed by atoms with Gasteiger partial charge >= 0.3 is 0 Å². The Kier molecular flexibility index (Phi) is 5.70. The van der Waals surface area contributed by atoms with E-state index in [0.29, 0.717) is 5.75 Å². The van der Waals surface area contributed by atoms with Crippen LogP contribution < -0.4 is 5.32 Å². The van der Waals surface area contributed by atoms with Gasteiger partial charge in [0.2, 0.25) is 0 Å². The van der Waals surface area contributed by atoms with Gasteiger partial charge in [0.15, 0.2) is 0 Å². The molecule has 0 spiro atoms. The molecule has 0 saturated carbocycles. The second-order valence-electron chi connectivity index (χ2n) is 4.65. The van der Waals surface area contributed by atoms with E-state index in [-0.39, 0.29) is 23.8 Å². The Morgan fingerprint density at radius 3 is 2.19 bits per heavy atom. The summed E-state index contributed by atoms with van der Waals surface area (Å²) in [5.41, 5.74) is 0.0940. The predicted octanol–water partition coefficient (Wildman–Crippen LogP) is 4.03. The average Bonchev–Trinajstić information content (AvgIpc) is 2.48. The lowest BCUT2D eigenvalue weighted by molar-refractivity contribution is 0.524. The maximum atomic E-state index is 13.6. The first-order valence-corrected chi connectivity index (χ1v) is 7.57. The molecule has 0 fully saturated rings. The molecule has 0 saturated heterocycles. The van der Waals surface area contributed by atoms with Gasteiger partial charge in [0.05, 0.1) is 0 Å². The summed E-state index contributed by atoms with van der Waals surface area (Å²) < 4.78 is 40.1. The molecule has 0 heterocycles. The molecule has 2 aromatic rings. The zero-order valence-electron chi connectivity index (χ0n) is 11.6. The van der Waals surface area contributed by atoms with Crippen molar-refractivity contribution in [3.8, 4) is 0 Å². The van der Waals surface area contributed by atoms with Gasteiger partial charge < -0.3 is 5.32 Å². The maximum absolute atomic E-state index is 13.6. The highest BCUT2D eigenvalue weighted by atomic mass is 32.2. The van der Waals surface area contributed by atoms with Crippen LogP contribution in [0.3, 0.4) is 0 Å². The summed E-state index contributed by atoms with van der Waals surface area (Å²) in [6.45, 7) is 0. The Labute approximate surface area is 126 Å². The topological polar surface area (TPSA) is 12.0 Å². The molecule has 112 valence electrons. The third-order valence-corrected chi connectivity index (χ3v) is 4.36. The quantitative estimate of drug-likeness (QED) is 0.809. The van der Waals surface area contributed by atoms with Crippen molar-refractivity contribution in [1.82, 2.24) is 5.32 Å². The second kappa shape index (κ2) is 7.52. The summed E-state index contributed by atoms with van der Waals surface area (Å²) in [4.78, 5) is 0.922. The van der Waals surface area contributed by atoms with Gasteiger partial charge in [-0.1, -0.05) is 6.07 Å². The number of hydrogen-bond donors (Lipinski definition) is 1. The van der Waals surface area contributed by atoms with E-state index >= 15 is 0 Å². The smallest absolute Gasteiger partial charge is 0.129 e. The molecular formula is C16H16F3NS. The van der Waals surface area contributed by atoms with Crippen LogP contribution in [-0.4, -0.2) is 18.8 Å². The van der Waals surface area contributed by atoms with Crippen LogP contribution >= 0.6 is 11.8 Å². The molecule has 1 atom stereocenters. The highest BCUT2D eigenvalue weighted by Gasteiger charge is 2.14. The van der Waals surface area contributed by atoms with Gasteiger partial charge in [0.1, 0.15) is 17.5 Å². The molecule has 0 aliphatic rings. The van der Waals surface area contributed by atoms with E-state index in [0.717, 1.165) is 4.90 Å². The lowest BCUT2D eigenvalue weighted by Crippen LogP contribution is -2.30. The number of benzene rings is 2. The molecule has 2 rings (SSSR count). The molecule has 1 N–H and O–H groups in total. The number of hydrogen-bond acceptors (Lipinski definition) is 2. The summed E-state index contributed by atoms with van der Waals surface area (Å²) in [6, 6.07) is 9.98. The van der Waals surface area contributed by atoms with E-state index in [4.69, 9.17) is 0 Å². The first-order valence-electron chi connectivity index (χ1n) is 6.58. The summed E-state index contributed by atoms with van der Waals surface area (Å²) in [5, 5.41) is 3.06. The van der Waals surface area contributed by atoms with Crippen LogP contribution in [0.5, 0.6) is 0 Å². The van der Waals surface area contributed by atoms with Gasteiger partial charge in [-0.05, 0) is 49.9 Å². The van der Waals surface area contributed by atoms with Gasteiger partial charge in [-0.2, -0.15) is 0 Å². The van der Waals surface area contributed by atoms with Gasteiger partial charge in [0, 0.05) is 22.3 Å². The molecule has 0 radical (unpaired) electrons. The van der Waals surface area contributed by atoms with Crippen molar-refractivity contribution < 1.29 is 13.2 Å². The van der Waals surface area contributed by atoms with Crippen molar-refractivity contribution in [3.05, 3.63) is 65.5 Å². The predicted molar refractivity (Wildman–Crippen MR) is 80.0 cm³/mol. The van der Waals surface area contributed by atoms with Crippen molar-refractivity contribution in [3.63, 3.8) is 0 Å². The summed E-state index contributed by atoms with van der Waals surface area (Å²) in [5.74, 6) is -0.697. The molecule has 1 unspecified atom stereocenters. The maximum Gasteiger partial charge on any atom is 0.129 e. The standard InChI is InChI=1S/C16H16F3NS/c1-20-12(9-14-15(18)3-2-4-16(14)19)10-21-13-7-5-11(17)6-8-13/h2-8,12,20H,9-10H2,1H3. The number of nitrogens with one attached hydrogen (secondary N) is 1. The zero-order chi connectivity index (χ0) is 15.2. The van der Waals surface area contributed by atoms with Crippen molar-refractivity contribution in [2.24, 2.45) is 0 Å². The number of rotatable bonds is 6. The minimum absolute atomic E-state index is 0.0774. The van der Waals surface area contributed by atoms with Gasteiger partial charge in [-0.25, -0.2) is 13.2 Å². The zero-order valence-corrected chi connectivity index (χ0v) is 12.4. The second-order valence-corrected chi connectivity index (χ2v) is 5.75. The van der Waals surface area contributed by atoms with Crippen molar-refractivity contribution in [2.45, 2.75) is 17.4 Å². The van der Waals surface area contributed by atoms with Crippen LogP contribution in [-0.2, 0) is 6.42 Å². The molecule has 2 aromatic carbocycles. The normalized spacial score (nSPS) is 12.4. The van der Waals surface area contributed by atoms with Crippen LogP contribution in [0, 0.1) is 17.5 Å². The van der Waals surface area contributed by atoms with E-state index in [1.54, 1.807) is 19.2 Å². The monoisotopic (exact) mass is 311 g/mol. The highest BCUT2D eigenvalue weighted by Crippen LogP contribution is 2.21.